The number of aliphatic carboxylic acids is 1. The van der Waals surface area contributed by atoms with E-state index in [0.29, 0.717) is 6.54 Å². The first kappa shape index (κ1) is 9.48. The minimum absolute atomic E-state index is 0.169. The van der Waals surface area contributed by atoms with Gasteiger partial charge in [-0.25, -0.2) is 0 Å². The quantitative estimate of drug-likeness (QED) is 0.521. The molecule has 4 heteroatoms. The van der Waals surface area contributed by atoms with Crippen LogP contribution in [0.4, 0.5) is 0 Å². The summed E-state index contributed by atoms with van der Waals surface area (Å²) in [5.74, 6) is -0.183. The van der Waals surface area contributed by atoms with Crippen LogP contribution in [0.2, 0.25) is 0 Å². The predicted molar refractivity (Wildman–Crippen MR) is 43.9 cm³/mol. The molecule has 12 heavy (non-hydrogen) atoms. The number of carboxylic acid groups (broad SMARTS) is 1. The fourth-order valence-electron chi connectivity index (χ4n) is 1.05. The van der Waals surface area contributed by atoms with E-state index < -0.39 is 12.1 Å². The number of hydrogen-bond donors (Lipinski definition) is 3. The minimum Gasteiger partial charge on any atom is -0.481 e. The lowest BCUT2D eigenvalue weighted by atomic mass is 10.2. The number of carboxylic acids is 1. The summed E-state index contributed by atoms with van der Waals surface area (Å²) < 4.78 is 0. The number of aliphatic hydroxyl groups is 1. The maximum atomic E-state index is 10.1. The average Bonchev–Trinajstić information content (AvgIpc) is 2.69. The van der Waals surface area contributed by atoms with E-state index in [9.17, 15) is 4.79 Å². The van der Waals surface area contributed by atoms with Crippen LogP contribution in [0, 0.1) is 5.92 Å². The molecule has 1 saturated carbocycles. The summed E-state index contributed by atoms with van der Waals surface area (Å²) in [6, 6.07) is 0. The largest absolute Gasteiger partial charge is 0.481 e. The van der Waals surface area contributed by atoms with E-state index in [0.717, 1.165) is 12.5 Å². The predicted octanol–water partition coefficient (Wildman–Crippen LogP) is -0.178. The van der Waals surface area contributed by atoms with Gasteiger partial charge in [0.25, 0.3) is 0 Å². The van der Waals surface area contributed by atoms with Crippen molar-refractivity contribution in [1.29, 1.82) is 0 Å². The normalized spacial score (nSPS) is 19.1. The van der Waals surface area contributed by atoms with Crippen molar-refractivity contribution in [1.82, 2.24) is 5.32 Å². The first-order valence-corrected chi connectivity index (χ1v) is 4.29. The smallest absolute Gasteiger partial charge is 0.306 e. The van der Waals surface area contributed by atoms with Gasteiger partial charge in [-0.2, -0.15) is 0 Å². The highest BCUT2D eigenvalue weighted by Crippen LogP contribution is 2.27. The van der Waals surface area contributed by atoms with Crippen molar-refractivity contribution in [3.8, 4) is 0 Å². The summed E-state index contributed by atoms with van der Waals surface area (Å²) in [7, 11) is 0. The zero-order valence-electron chi connectivity index (χ0n) is 6.99. The van der Waals surface area contributed by atoms with Crippen molar-refractivity contribution in [2.45, 2.75) is 25.4 Å². The van der Waals surface area contributed by atoms with Crippen LogP contribution in [-0.4, -0.2) is 35.4 Å². The number of hydrogen-bond acceptors (Lipinski definition) is 3. The van der Waals surface area contributed by atoms with Crippen LogP contribution in [0.25, 0.3) is 0 Å². The molecule has 1 aliphatic carbocycles. The molecule has 0 heterocycles. The Labute approximate surface area is 71.6 Å². The molecule has 1 unspecified atom stereocenters. The van der Waals surface area contributed by atoms with Gasteiger partial charge in [0.15, 0.2) is 0 Å². The van der Waals surface area contributed by atoms with Crippen molar-refractivity contribution in [3.05, 3.63) is 0 Å². The van der Waals surface area contributed by atoms with Gasteiger partial charge in [0.05, 0.1) is 12.5 Å². The van der Waals surface area contributed by atoms with Gasteiger partial charge in [0, 0.05) is 6.54 Å². The highest BCUT2D eigenvalue weighted by atomic mass is 16.4. The number of nitrogens with one attached hydrogen (secondary N) is 1. The van der Waals surface area contributed by atoms with Crippen LogP contribution in [0.5, 0.6) is 0 Å². The summed E-state index contributed by atoms with van der Waals surface area (Å²) in [6.45, 7) is 1.31. The molecule has 0 bridgehead atoms. The van der Waals surface area contributed by atoms with Gasteiger partial charge >= 0.3 is 5.97 Å². The highest BCUT2D eigenvalue weighted by molar-refractivity contribution is 5.67. The second-order valence-corrected chi connectivity index (χ2v) is 3.35. The third-order valence-electron chi connectivity index (χ3n) is 1.92. The standard InChI is InChI=1S/C8H15NO3/c10-7(3-8(11)12)5-9-4-6-1-2-6/h6-7,9-10H,1-5H2,(H,11,12). The molecule has 1 atom stereocenters. The van der Waals surface area contributed by atoms with Gasteiger partial charge in [-0.05, 0) is 25.3 Å². The van der Waals surface area contributed by atoms with Gasteiger partial charge in [-0.1, -0.05) is 0 Å². The van der Waals surface area contributed by atoms with Crippen molar-refractivity contribution < 1.29 is 15.0 Å². The molecular formula is C8H15NO3. The van der Waals surface area contributed by atoms with E-state index in [2.05, 4.69) is 5.32 Å². The summed E-state index contributed by atoms with van der Waals surface area (Å²) >= 11 is 0. The first-order chi connectivity index (χ1) is 5.68. The molecule has 0 aromatic heterocycles. The van der Waals surface area contributed by atoms with Gasteiger partial charge in [-0.3, -0.25) is 4.79 Å². The first-order valence-electron chi connectivity index (χ1n) is 4.29. The van der Waals surface area contributed by atoms with Crippen molar-refractivity contribution in [2.24, 2.45) is 5.92 Å². The molecular weight excluding hydrogens is 158 g/mol. The highest BCUT2D eigenvalue weighted by Gasteiger charge is 2.20. The van der Waals surface area contributed by atoms with E-state index in [1.807, 2.05) is 0 Å². The molecule has 1 rings (SSSR count). The van der Waals surface area contributed by atoms with Gasteiger partial charge in [0.1, 0.15) is 0 Å². The monoisotopic (exact) mass is 173 g/mol. The van der Waals surface area contributed by atoms with Gasteiger partial charge in [0.2, 0.25) is 0 Å². The fourth-order valence-corrected chi connectivity index (χ4v) is 1.05. The van der Waals surface area contributed by atoms with E-state index >= 15 is 0 Å². The van der Waals surface area contributed by atoms with E-state index in [1.165, 1.54) is 12.8 Å². The molecule has 3 N–H and O–H groups in total. The lowest BCUT2D eigenvalue weighted by Crippen LogP contribution is -2.29. The van der Waals surface area contributed by atoms with Crippen molar-refractivity contribution >= 4 is 5.97 Å². The second-order valence-electron chi connectivity index (χ2n) is 3.35. The summed E-state index contributed by atoms with van der Waals surface area (Å²) in [6.07, 6.45) is 1.61. The molecule has 0 radical (unpaired) electrons. The maximum Gasteiger partial charge on any atom is 0.306 e. The Balaban J connectivity index is 1.93. The Bertz CT molecular complexity index is 156. The van der Waals surface area contributed by atoms with Crippen LogP contribution in [0.3, 0.4) is 0 Å². The Morgan fingerprint density at radius 2 is 2.25 bits per heavy atom. The lowest BCUT2D eigenvalue weighted by Gasteiger charge is -2.08. The summed E-state index contributed by atoms with van der Waals surface area (Å²) in [5, 5.41) is 20.5. The summed E-state index contributed by atoms with van der Waals surface area (Å²) in [4.78, 5) is 10.1. The van der Waals surface area contributed by atoms with Crippen LogP contribution in [0.1, 0.15) is 19.3 Å². The molecule has 4 nitrogen and oxygen atoms in total. The van der Waals surface area contributed by atoms with Gasteiger partial charge < -0.3 is 15.5 Å². The molecule has 0 aromatic rings. The Morgan fingerprint density at radius 3 is 2.75 bits per heavy atom. The number of carbonyl (C=O) groups is 1. The Hall–Kier alpha value is -0.610. The zero-order chi connectivity index (χ0) is 8.97. The minimum atomic E-state index is -0.948. The summed E-state index contributed by atoms with van der Waals surface area (Å²) in [5.41, 5.74) is 0. The van der Waals surface area contributed by atoms with Crippen LogP contribution in [-0.2, 0) is 4.79 Å². The lowest BCUT2D eigenvalue weighted by molar-refractivity contribution is -0.139. The number of rotatable bonds is 6. The molecule has 1 fully saturated rings. The topological polar surface area (TPSA) is 69.6 Å². The van der Waals surface area contributed by atoms with E-state index in [4.69, 9.17) is 10.2 Å². The fraction of sp³-hybridized carbons (Fsp3) is 0.875. The molecule has 0 saturated heterocycles. The zero-order valence-corrected chi connectivity index (χ0v) is 6.99. The Morgan fingerprint density at radius 1 is 1.58 bits per heavy atom. The molecule has 0 aliphatic heterocycles. The van der Waals surface area contributed by atoms with Crippen LogP contribution >= 0.6 is 0 Å². The molecule has 70 valence electrons. The Kier molecular flexibility index (Phi) is 3.49. The van der Waals surface area contributed by atoms with Crippen molar-refractivity contribution in [2.75, 3.05) is 13.1 Å². The maximum absolute atomic E-state index is 10.1. The second kappa shape index (κ2) is 4.42. The van der Waals surface area contributed by atoms with Crippen LogP contribution in [0.15, 0.2) is 0 Å². The van der Waals surface area contributed by atoms with Crippen molar-refractivity contribution in [3.63, 3.8) is 0 Å². The van der Waals surface area contributed by atoms with Gasteiger partial charge in [-0.15, -0.1) is 0 Å². The number of aliphatic hydroxyl groups excluding tert-OH is 1. The molecule has 0 spiro atoms. The molecule has 0 amide bonds. The van der Waals surface area contributed by atoms with Crippen LogP contribution < -0.4 is 5.32 Å². The molecule has 0 aromatic carbocycles. The SMILES string of the molecule is O=C(O)CC(O)CNCC1CC1. The molecule has 1 aliphatic rings. The van der Waals surface area contributed by atoms with E-state index in [-0.39, 0.29) is 6.42 Å². The van der Waals surface area contributed by atoms with E-state index in [1.54, 1.807) is 0 Å². The third-order valence-corrected chi connectivity index (χ3v) is 1.92. The third kappa shape index (κ3) is 4.31. The average molecular weight is 173 g/mol.